The molecule has 13 heavy (non-hydrogen) atoms. The molecular weight excluding hydrogens is 160 g/mol. The summed E-state index contributed by atoms with van der Waals surface area (Å²) in [6.07, 6.45) is 3.99. The van der Waals surface area contributed by atoms with Crippen LogP contribution in [0.15, 0.2) is 34.1 Å². The lowest BCUT2D eigenvalue weighted by atomic mass is 10.3. The second kappa shape index (κ2) is 4.80. The quantitative estimate of drug-likeness (QED) is 0.654. The molecule has 0 spiro atoms. The van der Waals surface area contributed by atoms with Gasteiger partial charge < -0.3 is 5.32 Å². The summed E-state index contributed by atoms with van der Waals surface area (Å²) < 4.78 is 0. The molecule has 1 heterocycles. The van der Waals surface area contributed by atoms with Crippen LogP contribution in [0.1, 0.15) is 20.8 Å². The number of hydrogen-bond donors (Lipinski definition) is 1. The minimum Gasteiger partial charge on any atom is -0.311 e. The summed E-state index contributed by atoms with van der Waals surface area (Å²) in [5.41, 5.74) is 6.41. The molecule has 0 aromatic heterocycles. The highest BCUT2D eigenvalue weighted by Gasteiger charge is 1.97. The van der Waals surface area contributed by atoms with E-state index in [4.69, 9.17) is 0 Å². The van der Waals surface area contributed by atoms with Crippen molar-refractivity contribution in [3.8, 4) is 0 Å². The monoisotopic (exact) mass is 176 g/mol. The third-order valence-corrected chi connectivity index (χ3v) is 1.77. The van der Waals surface area contributed by atoms with Crippen molar-refractivity contribution in [2.45, 2.75) is 20.8 Å². The second-order valence-corrected chi connectivity index (χ2v) is 3.14. The lowest BCUT2D eigenvalue weighted by molar-refractivity contribution is 0.818. The second-order valence-electron chi connectivity index (χ2n) is 3.14. The fraction of sp³-hybridized carbons (Fsp3) is 0.455. The molecule has 0 aromatic carbocycles. The predicted molar refractivity (Wildman–Crippen MR) is 57.0 cm³/mol. The fourth-order valence-corrected chi connectivity index (χ4v) is 1.19. The van der Waals surface area contributed by atoms with Gasteiger partial charge in [-0.25, -0.2) is 0 Å². The first-order valence-electron chi connectivity index (χ1n) is 4.62. The van der Waals surface area contributed by atoms with E-state index in [1.807, 2.05) is 26.0 Å². The van der Waals surface area contributed by atoms with Crippen LogP contribution >= 0.6 is 0 Å². The Balaban J connectivity index is 2.75. The molecule has 0 amide bonds. The van der Waals surface area contributed by atoms with E-state index < -0.39 is 0 Å². The first-order valence-corrected chi connectivity index (χ1v) is 4.62. The summed E-state index contributed by atoms with van der Waals surface area (Å²) in [6.45, 7) is 7.92. The van der Waals surface area contributed by atoms with Crippen molar-refractivity contribution in [2.75, 3.05) is 13.1 Å². The molecule has 2 nitrogen and oxygen atoms in total. The highest BCUT2D eigenvalue weighted by molar-refractivity contribution is 5.97. The van der Waals surface area contributed by atoms with E-state index in [-0.39, 0.29) is 0 Å². The molecule has 1 aliphatic heterocycles. The summed E-state index contributed by atoms with van der Waals surface area (Å²) in [5.74, 6) is 0. The molecule has 0 bridgehead atoms. The maximum atomic E-state index is 4.44. The van der Waals surface area contributed by atoms with Crippen LogP contribution in [0.5, 0.6) is 0 Å². The predicted octanol–water partition coefficient (Wildman–Crippen LogP) is 2.06. The summed E-state index contributed by atoms with van der Waals surface area (Å²) in [7, 11) is 0. The van der Waals surface area contributed by atoms with Crippen LogP contribution in [0.25, 0.3) is 0 Å². The maximum absolute atomic E-state index is 4.44. The van der Waals surface area contributed by atoms with Crippen molar-refractivity contribution in [3.63, 3.8) is 0 Å². The molecule has 0 unspecified atom stereocenters. The van der Waals surface area contributed by atoms with Crippen LogP contribution in [0.3, 0.4) is 0 Å². The van der Waals surface area contributed by atoms with E-state index in [2.05, 4.69) is 23.0 Å². The van der Waals surface area contributed by atoms with Gasteiger partial charge in [0.05, 0.1) is 5.71 Å². The first kappa shape index (κ1) is 9.97. The van der Waals surface area contributed by atoms with Crippen LogP contribution in [0.4, 0.5) is 0 Å². The van der Waals surface area contributed by atoms with E-state index in [1.165, 1.54) is 0 Å². The Morgan fingerprint density at radius 1 is 1.46 bits per heavy atom. The van der Waals surface area contributed by atoms with Crippen molar-refractivity contribution in [1.29, 1.82) is 0 Å². The fourth-order valence-electron chi connectivity index (χ4n) is 1.19. The molecule has 0 aromatic rings. The molecule has 0 aliphatic carbocycles. The Morgan fingerprint density at radius 3 is 2.92 bits per heavy atom. The van der Waals surface area contributed by atoms with E-state index >= 15 is 0 Å². The number of aliphatic imine (C=N–C) groups is 1. The van der Waals surface area contributed by atoms with E-state index in [0.717, 1.165) is 30.1 Å². The van der Waals surface area contributed by atoms with Crippen LogP contribution in [0.2, 0.25) is 0 Å². The Kier molecular flexibility index (Phi) is 3.69. The average Bonchev–Trinajstić information content (AvgIpc) is 2.23. The molecule has 70 valence electrons. The van der Waals surface area contributed by atoms with Crippen LogP contribution in [0, 0.1) is 0 Å². The molecule has 0 radical (unpaired) electrons. The molecule has 1 rings (SSSR count). The van der Waals surface area contributed by atoms with E-state index in [9.17, 15) is 0 Å². The number of allylic oxidation sites excluding steroid dienone is 2. The van der Waals surface area contributed by atoms with Gasteiger partial charge in [0.1, 0.15) is 0 Å². The van der Waals surface area contributed by atoms with E-state index in [0.29, 0.717) is 0 Å². The van der Waals surface area contributed by atoms with Gasteiger partial charge >= 0.3 is 0 Å². The van der Waals surface area contributed by atoms with Gasteiger partial charge in [-0.15, -0.1) is 5.73 Å². The molecule has 0 atom stereocenters. The zero-order valence-corrected chi connectivity index (χ0v) is 8.52. The summed E-state index contributed by atoms with van der Waals surface area (Å²) in [4.78, 5) is 4.44. The van der Waals surface area contributed by atoms with Crippen molar-refractivity contribution >= 4 is 5.71 Å². The largest absolute Gasteiger partial charge is 0.311 e. The van der Waals surface area contributed by atoms with Crippen molar-refractivity contribution in [2.24, 2.45) is 4.99 Å². The number of hydrogen-bond acceptors (Lipinski definition) is 2. The molecule has 2 heteroatoms. The summed E-state index contributed by atoms with van der Waals surface area (Å²) in [5, 5.41) is 3.24. The van der Waals surface area contributed by atoms with Crippen LogP contribution in [-0.4, -0.2) is 18.8 Å². The maximum Gasteiger partial charge on any atom is 0.0621 e. The zero-order valence-electron chi connectivity index (χ0n) is 8.52. The number of nitrogens with one attached hydrogen (secondary N) is 1. The molecule has 0 saturated carbocycles. The smallest absolute Gasteiger partial charge is 0.0621 e. The van der Waals surface area contributed by atoms with Crippen molar-refractivity contribution < 1.29 is 0 Å². The molecular formula is C11H16N2. The summed E-state index contributed by atoms with van der Waals surface area (Å²) in [6, 6.07) is 0. The molecule has 1 aliphatic rings. The summed E-state index contributed by atoms with van der Waals surface area (Å²) >= 11 is 0. The number of rotatable bonds is 3. The molecule has 0 saturated heterocycles. The van der Waals surface area contributed by atoms with Gasteiger partial charge in [-0.1, -0.05) is 6.92 Å². The standard InChI is InChI=1S/C11H16N2/c1-4-12-8-11-6-5-9(2)7-10(3)13-11/h6-7,12H,4,8H2,1-3H3. The SMILES string of the molecule is CCNCC1=NC(C)=CC(C)=C=C1. The van der Waals surface area contributed by atoms with E-state index in [1.54, 1.807) is 0 Å². The minimum absolute atomic E-state index is 0.821. The van der Waals surface area contributed by atoms with Crippen LogP contribution < -0.4 is 5.32 Å². The lowest BCUT2D eigenvalue weighted by Crippen LogP contribution is -2.21. The topological polar surface area (TPSA) is 24.4 Å². The lowest BCUT2D eigenvalue weighted by Gasteiger charge is -2.00. The van der Waals surface area contributed by atoms with Gasteiger partial charge in [0.15, 0.2) is 0 Å². The minimum atomic E-state index is 0.821. The zero-order chi connectivity index (χ0) is 9.68. The van der Waals surface area contributed by atoms with Gasteiger partial charge in [0, 0.05) is 18.3 Å². The van der Waals surface area contributed by atoms with Gasteiger partial charge in [-0.05, 0) is 32.0 Å². The molecule has 0 fully saturated rings. The third kappa shape index (κ3) is 3.41. The average molecular weight is 176 g/mol. The first-order chi connectivity index (χ1) is 6.22. The van der Waals surface area contributed by atoms with Gasteiger partial charge in [0.2, 0.25) is 0 Å². The van der Waals surface area contributed by atoms with Gasteiger partial charge in [-0.2, -0.15) is 0 Å². The Hall–Kier alpha value is -1.11. The normalized spacial score (nSPS) is 16.1. The Morgan fingerprint density at radius 2 is 2.23 bits per heavy atom. The van der Waals surface area contributed by atoms with Gasteiger partial charge in [-0.3, -0.25) is 4.99 Å². The van der Waals surface area contributed by atoms with Gasteiger partial charge in [0.25, 0.3) is 0 Å². The van der Waals surface area contributed by atoms with Crippen LogP contribution in [-0.2, 0) is 0 Å². The Bertz CT molecular complexity index is 302. The molecule has 1 N–H and O–H groups in total. The number of nitrogens with zero attached hydrogens (tertiary/aromatic N) is 1. The van der Waals surface area contributed by atoms with Crippen molar-refractivity contribution in [3.05, 3.63) is 29.2 Å². The Labute approximate surface area is 79.8 Å². The highest BCUT2D eigenvalue weighted by Crippen LogP contribution is 2.05. The highest BCUT2D eigenvalue weighted by atomic mass is 14.9. The van der Waals surface area contributed by atoms with Crippen molar-refractivity contribution in [1.82, 2.24) is 5.32 Å². The third-order valence-electron chi connectivity index (χ3n) is 1.77.